The Kier molecular flexibility index (Phi) is 6.97. The van der Waals surface area contributed by atoms with E-state index in [-0.39, 0.29) is 0 Å². The molecule has 0 aliphatic heterocycles. The van der Waals surface area contributed by atoms with Gasteiger partial charge in [0.1, 0.15) is 11.5 Å². The summed E-state index contributed by atoms with van der Waals surface area (Å²) in [7, 11) is 0. The van der Waals surface area contributed by atoms with Gasteiger partial charge in [0.2, 0.25) is 0 Å². The number of benzene rings is 2. The lowest BCUT2D eigenvalue weighted by molar-refractivity contribution is 0.468. The molecule has 0 aromatic heterocycles. The molecule has 116 valence electrons. The van der Waals surface area contributed by atoms with Crippen LogP contribution in [0.4, 0.5) is 0 Å². The molecule has 0 aliphatic carbocycles. The van der Waals surface area contributed by atoms with Crippen molar-refractivity contribution in [2.75, 3.05) is 0 Å². The van der Waals surface area contributed by atoms with Gasteiger partial charge in [-0.3, -0.25) is 0 Å². The molecular formula is C20H24O2. The molecule has 0 heterocycles. The normalized spacial score (nSPS) is 9.55. The Bertz CT molecular complexity index is 544. The quantitative estimate of drug-likeness (QED) is 0.791. The summed E-state index contributed by atoms with van der Waals surface area (Å²) in [5.74, 6) is 0.731. The second-order valence-corrected chi connectivity index (χ2v) is 5.13. The van der Waals surface area contributed by atoms with Crippen molar-refractivity contribution in [3.8, 4) is 11.5 Å². The molecule has 2 nitrogen and oxygen atoms in total. The van der Waals surface area contributed by atoms with Crippen LogP contribution >= 0.6 is 0 Å². The second kappa shape index (κ2) is 8.73. The molecule has 0 atom stereocenters. The summed E-state index contributed by atoms with van der Waals surface area (Å²) in [5, 5.41) is 18.7. The van der Waals surface area contributed by atoms with Crippen LogP contribution in [0.15, 0.2) is 61.7 Å². The first-order valence-corrected chi connectivity index (χ1v) is 7.28. The fourth-order valence-electron chi connectivity index (χ4n) is 2.19. The summed E-state index contributed by atoms with van der Waals surface area (Å²) in [6.45, 7) is 11.2. The molecule has 0 saturated heterocycles. The molecule has 22 heavy (non-hydrogen) atoms. The van der Waals surface area contributed by atoms with E-state index in [1.165, 1.54) is 0 Å². The van der Waals surface area contributed by atoms with E-state index in [0.717, 1.165) is 35.1 Å². The average Bonchev–Trinajstić information content (AvgIpc) is 2.48. The maximum absolute atomic E-state index is 9.37. The van der Waals surface area contributed by atoms with Crippen molar-refractivity contribution >= 4 is 0 Å². The molecule has 2 N–H and O–H groups in total. The summed E-state index contributed by atoms with van der Waals surface area (Å²) >= 11 is 0. The van der Waals surface area contributed by atoms with Crippen LogP contribution in [-0.4, -0.2) is 10.2 Å². The third-order valence-corrected chi connectivity index (χ3v) is 3.47. The monoisotopic (exact) mass is 296 g/mol. The Morgan fingerprint density at radius 1 is 0.773 bits per heavy atom. The molecule has 0 aliphatic rings. The lowest BCUT2D eigenvalue weighted by Gasteiger charge is -2.04. The number of allylic oxidation sites excluding steroid dienone is 2. The maximum atomic E-state index is 9.37. The highest BCUT2D eigenvalue weighted by molar-refractivity contribution is 5.40. The molecule has 0 saturated carbocycles. The molecule has 2 rings (SSSR count). The highest BCUT2D eigenvalue weighted by Gasteiger charge is 2.01. The van der Waals surface area contributed by atoms with Gasteiger partial charge in [-0.2, -0.15) is 0 Å². The van der Waals surface area contributed by atoms with Crippen molar-refractivity contribution < 1.29 is 10.2 Å². The van der Waals surface area contributed by atoms with Crippen LogP contribution in [0.2, 0.25) is 0 Å². The van der Waals surface area contributed by atoms with E-state index in [2.05, 4.69) is 13.2 Å². The topological polar surface area (TPSA) is 40.5 Å². The molecular weight excluding hydrogens is 272 g/mol. The van der Waals surface area contributed by atoms with Gasteiger partial charge >= 0.3 is 0 Å². The Balaban J connectivity index is 0.000000220. The lowest BCUT2D eigenvalue weighted by atomic mass is 10.1. The smallest absolute Gasteiger partial charge is 0.119 e. The van der Waals surface area contributed by atoms with Crippen LogP contribution in [0.3, 0.4) is 0 Å². The number of phenolic OH excluding ortho intramolecular Hbond substituents is 2. The van der Waals surface area contributed by atoms with Crippen molar-refractivity contribution in [3.05, 3.63) is 84.0 Å². The molecule has 0 bridgehead atoms. The highest BCUT2D eigenvalue weighted by Crippen LogP contribution is 2.21. The standard InChI is InChI=1S/2C10H12O/c2*1-3-5-9-8(2)6-4-7-10(9)11/h2*3-4,6-7,11H,1,5H2,2H3. The first kappa shape index (κ1) is 17.6. The molecule has 0 unspecified atom stereocenters. The van der Waals surface area contributed by atoms with Crippen molar-refractivity contribution in [2.45, 2.75) is 26.7 Å². The van der Waals surface area contributed by atoms with E-state index < -0.39 is 0 Å². The third-order valence-electron chi connectivity index (χ3n) is 3.47. The summed E-state index contributed by atoms with van der Waals surface area (Å²) in [4.78, 5) is 0. The van der Waals surface area contributed by atoms with E-state index in [0.29, 0.717) is 11.5 Å². The van der Waals surface area contributed by atoms with Gasteiger partial charge in [0.05, 0.1) is 0 Å². The van der Waals surface area contributed by atoms with Crippen LogP contribution in [0.5, 0.6) is 11.5 Å². The van der Waals surface area contributed by atoms with Crippen molar-refractivity contribution in [1.82, 2.24) is 0 Å². The van der Waals surface area contributed by atoms with Crippen LogP contribution < -0.4 is 0 Å². The van der Waals surface area contributed by atoms with E-state index in [4.69, 9.17) is 0 Å². The third kappa shape index (κ3) is 4.81. The Hall–Kier alpha value is -2.48. The Labute approximate surface area is 133 Å². The average molecular weight is 296 g/mol. The van der Waals surface area contributed by atoms with Gasteiger partial charge in [-0.15, -0.1) is 13.2 Å². The van der Waals surface area contributed by atoms with Gasteiger partial charge in [0.25, 0.3) is 0 Å². The molecule has 0 spiro atoms. The summed E-state index contributed by atoms with van der Waals surface area (Å²) in [6.07, 6.45) is 5.06. The number of aromatic hydroxyl groups is 2. The molecule has 0 radical (unpaired) electrons. The Morgan fingerprint density at radius 3 is 1.41 bits per heavy atom. The number of hydrogen-bond donors (Lipinski definition) is 2. The van der Waals surface area contributed by atoms with E-state index in [1.807, 2.05) is 38.1 Å². The van der Waals surface area contributed by atoms with Gasteiger partial charge in [-0.25, -0.2) is 0 Å². The highest BCUT2D eigenvalue weighted by atomic mass is 16.3. The molecule has 0 amide bonds. The fraction of sp³-hybridized carbons (Fsp3) is 0.200. The van der Waals surface area contributed by atoms with Crippen LogP contribution in [-0.2, 0) is 12.8 Å². The van der Waals surface area contributed by atoms with Crippen LogP contribution in [0.1, 0.15) is 22.3 Å². The van der Waals surface area contributed by atoms with Crippen molar-refractivity contribution in [2.24, 2.45) is 0 Å². The predicted octanol–water partition coefficient (Wildman–Crippen LogP) is 4.86. The van der Waals surface area contributed by atoms with Gasteiger partial charge in [-0.1, -0.05) is 36.4 Å². The zero-order valence-electron chi connectivity index (χ0n) is 13.3. The van der Waals surface area contributed by atoms with E-state index in [1.54, 1.807) is 24.3 Å². The lowest BCUT2D eigenvalue weighted by Crippen LogP contribution is -1.86. The summed E-state index contributed by atoms with van der Waals surface area (Å²) in [5.41, 5.74) is 4.18. The Morgan fingerprint density at radius 2 is 1.14 bits per heavy atom. The second-order valence-electron chi connectivity index (χ2n) is 5.13. The van der Waals surface area contributed by atoms with E-state index >= 15 is 0 Å². The van der Waals surface area contributed by atoms with Gasteiger partial charge in [0.15, 0.2) is 0 Å². The summed E-state index contributed by atoms with van der Waals surface area (Å²) < 4.78 is 0. The minimum atomic E-state index is 0.366. The molecule has 0 fully saturated rings. The minimum absolute atomic E-state index is 0.366. The minimum Gasteiger partial charge on any atom is -0.508 e. The first-order chi connectivity index (χ1) is 10.5. The fourth-order valence-corrected chi connectivity index (χ4v) is 2.19. The van der Waals surface area contributed by atoms with Crippen LogP contribution in [0.25, 0.3) is 0 Å². The largest absolute Gasteiger partial charge is 0.508 e. The van der Waals surface area contributed by atoms with Crippen LogP contribution in [0, 0.1) is 13.8 Å². The zero-order valence-corrected chi connectivity index (χ0v) is 13.3. The number of rotatable bonds is 4. The molecule has 2 heteroatoms. The van der Waals surface area contributed by atoms with E-state index in [9.17, 15) is 10.2 Å². The molecule has 2 aromatic rings. The predicted molar refractivity (Wildman–Crippen MR) is 93.5 cm³/mol. The van der Waals surface area contributed by atoms with Gasteiger partial charge < -0.3 is 10.2 Å². The van der Waals surface area contributed by atoms with Crippen molar-refractivity contribution in [3.63, 3.8) is 0 Å². The summed E-state index contributed by atoms with van der Waals surface area (Å²) in [6, 6.07) is 11.1. The van der Waals surface area contributed by atoms with Gasteiger partial charge in [0, 0.05) is 11.1 Å². The number of aryl methyl sites for hydroxylation is 2. The first-order valence-electron chi connectivity index (χ1n) is 7.28. The SMILES string of the molecule is C=CCc1c(C)cccc1O.C=CCc1c(C)cccc1O. The number of phenols is 2. The maximum Gasteiger partial charge on any atom is 0.119 e. The molecule has 2 aromatic carbocycles. The van der Waals surface area contributed by atoms with Crippen molar-refractivity contribution in [1.29, 1.82) is 0 Å². The number of hydrogen-bond acceptors (Lipinski definition) is 2. The zero-order chi connectivity index (χ0) is 16.5. The van der Waals surface area contributed by atoms with Gasteiger partial charge in [-0.05, 0) is 49.9 Å².